The van der Waals surface area contributed by atoms with Crippen LogP contribution in [-0.2, 0) is 0 Å². The molecule has 0 atom stereocenters. The van der Waals surface area contributed by atoms with Crippen LogP contribution in [0, 0.1) is 0 Å². The quantitative estimate of drug-likeness (QED) is 0.572. The summed E-state index contributed by atoms with van der Waals surface area (Å²) < 4.78 is 0. The van der Waals surface area contributed by atoms with Gasteiger partial charge in [0.05, 0.1) is 5.56 Å². The Morgan fingerprint density at radius 1 is 1.50 bits per heavy atom. The molecule has 4 nitrogen and oxygen atoms in total. The van der Waals surface area contributed by atoms with E-state index in [1.54, 1.807) is 31.2 Å². The van der Waals surface area contributed by atoms with Gasteiger partial charge in [-0.05, 0) is 18.2 Å². The van der Waals surface area contributed by atoms with Gasteiger partial charge in [-0.25, -0.2) is 5.01 Å². The van der Waals surface area contributed by atoms with Crippen LogP contribution in [0.2, 0.25) is 5.02 Å². The minimum atomic E-state index is -0.269. The molecule has 0 heterocycles. The standard InChI is InChI=1S/C9H12ClN3O/c1-13(2)12-9(14)7-5-6(10)3-4-8(7)11/h3-5H,11H2,1-2H3,(H,12,14). The summed E-state index contributed by atoms with van der Waals surface area (Å²) >= 11 is 5.75. The maximum absolute atomic E-state index is 11.5. The highest BCUT2D eigenvalue weighted by molar-refractivity contribution is 6.31. The molecule has 14 heavy (non-hydrogen) atoms. The van der Waals surface area contributed by atoms with Crippen molar-refractivity contribution in [1.29, 1.82) is 0 Å². The number of nitrogens with zero attached hydrogens (tertiary/aromatic N) is 1. The van der Waals surface area contributed by atoms with Gasteiger partial charge in [0.25, 0.3) is 5.91 Å². The number of anilines is 1. The summed E-state index contributed by atoms with van der Waals surface area (Å²) in [6.45, 7) is 0. The minimum Gasteiger partial charge on any atom is -0.398 e. The van der Waals surface area contributed by atoms with Crippen LogP contribution in [0.1, 0.15) is 10.4 Å². The number of nitrogen functional groups attached to an aromatic ring is 1. The van der Waals surface area contributed by atoms with E-state index < -0.39 is 0 Å². The Labute approximate surface area is 87.6 Å². The Hall–Kier alpha value is -1.26. The number of rotatable bonds is 2. The third-order valence-corrected chi connectivity index (χ3v) is 1.82. The van der Waals surface area contributed by atoms with Crippen LogP contribution in [0.25, 0.3) is 0 Å². The minimum absolute atomic E-state index is 0.269. The molecule has 3 N–H and O–H groups in total. The van der Waals surface area contributed by atoms with E-state index in [1.165, 1.54) is 6.07 Å². The van der Waals surface area contributed by atoms with Crippen LogP contribution >= 0.6 is 11.6 Å². The molecular formula is C9H12ClN3O. The van der Waals surface area contributed by atoms with E-state index in [1.807, 2.05) is 0 Å². The Morgan fingerprint density at radius 2 is 2.14 bits per heavy atom. The summed E-state index contributed by atoms with van der Waals surface area (Å²) in [7, 11) is 3.44. The number of carbonyl (C=O) groups excluding carboxylic acids is 1. The van der Waals surface area contributed by atoms with E-state index in [4.69, 9.17) is 17.3 Å². The molecule has 0 saturated carbocycles. The largest absolute Gasteiger partial charge is 0.398 e. The summed E-state index contributed by atoms with van der Waals surface area (Å²) in [4.78, 5) is 11.5. The van der Waals surface area contributed by atoms with Crippen LogP contribution < -0.4 is 11.2 Å². The molecule has 76 valence electrons. The zero-order valence-electron chi connectivity index (χ0n) is 8.04. The number of nitrogens with two attached hydrogens (primary N) is 1. The van der Waals surface area contributed by atoms with E-state index in [2.05, 4.69) is 5.43 Å². The van der Waals surface area contributed by atoms with E-state index in [-0.39, 0.29) is 5.91 Å². The number of hydrogen-bond acceptors (Lipinski definition) is 3. The first-order valence-electron chi connectivity index (χ1n) is 4.04. The fraction of sp³-hybridized carbons (Fsp3) is 0.222. The lowest BCUT2D eigenvalue weighted by atomic mass is 10.2. The van der Waals surface area contributed by atoms with Crippen molar-refractivity contribution < 1.29 is 4.79 Å². The zero-order chi connectivity index (χ0) is 10.7. The highest BCUT2D eigenvalue weighted by Gasteiger charge is 2.10. The van der Waals surface area contributed by atoms with Crippen molar-refractivity contribution in [3.8, 4) is 0 Å². The number of nitrogens with one attached hydrogen (secondary N) is 1. The molecule has 0 saturated heterocycles. The Kier molecular flexibility index (Phi) is 3.33. The van der Waals surface area contributed by atoms with Gasteiger partial charge in [0.1, 0.15) is 0 Å². The van der Waals surface area contributed by atoms with Gasteiger partial charge in [-0.3, -0.25) is 10.2 Å². The monoisotopic (exact) mass is 213 g/mol. The normalized spacial score (nSPS) is 10.3. The molecule has 1 aromatic rings. The summed E-state index contributed by atoms with van der Waals surface area (Å²) in [5.74, 6) is -0.269. The van der Waals surface area contributed by atoms with Gasteiger partial charge in [0.15, 0.2) is 0 Å². The van der Waals surface area contributed by atoms with Crippen LogP contribution in [0.5, 0.6) is 0 Å². The van der Waals surface area contributed by atoms with E-state index in [0.717, 1.165) is 0 Å². The second-order valence-electron chi connectivity index (χ2n) is 3.07. The molecule has 1 aromatic carbocycles. The molecule has 1 rings (SSSR count). The average Bonchev–Trinajstić information content (AvgIpc) is 2.08. The lowest BCUT2D eigenvalue weighted by Crippen LogP contribution is -2.36. The lowest BCUT2D eigenvalue weighted by molar-refractivity contribution is 0.0858. The molecule has 5 heteroatoms. The third-order valence-electron chi connectivity index (χ3n) is 1.59. The van der Waals surface area contributed by atoms with Gasteiger partial charge in [-0.1, -0.05) is 11.6 Å². The van der Waals surface area contributed by atoms with Crippen LogP contribution in [0.4, 0.5) is 5.69 Å². The highest BCUT2D eigenvalue weighted by atomic mass is 35.5. The molecule has 0 aliphatic rings. The molecule has 0 radical (unpaired) electrons. The van der Waals surface area contributed by atoms with Crippen molar-refractivity contribution in [2.24, 2.45) is 0 Å². The van der Waals surface area contributed by atoms with Crippen LogP contribution in [-0.4, -0.2) is 25.0 Å². The Bertz CT molecular complexity index is 352. The molecule has 0 aliphatic carbocycles. The maximum atomic E-state index is 11.5. The topological polar surface area (TPSA) is 58.4 Å². The van der Waals surface area contributed by atoms with Crippen molar-refractivity contribution in [2.45, 2.75) is 0 Å². The second-order valence-corrected chi connectivity index (χ2v) is 3.50. The third kappa shape index (κ3) is 2.61. The van der Waals surface area contributed by atoms with Gasteiger partial charge in [0, 0.05) is 24.8 Å². The number of halogens is 1. The zero-order valence-corrected chi connectivity index (χ0v) is 8.80. The number of hydrogen-bond donors (Lipinski definition) is 2. The van der Waals surface area contributed by atoms with Crippen molar-refractivity contribution in [2.75, 3.05) is 19.8 Å². The average molecular weight is 214 g/mol. The summed E-state index contributed by atoms with van der Waals surface area (Å²) in [5, 5.41) is 2.03. The first-order chi connectivity index (χ1) is 6.50. The first-order valence-corrected chi connectivity index (χ1v) is 4.42. The smallest absolute Gasteiger partial charge is 0.267 e. The van der Waals surface area contributed by atoms with E-state index in [0.29, 0.717) is 16.3 Å². The number of hydrazine groups is 1. The van der Waals surface area contributed by atoms with Crippen LogP contribution in [0.3, 0.4) is 0 Å². The van der Waals surface area contributed by atoms with Crippen molar-refractivity contribution in [3.63, 3.8) is 0 Å². The molecule has 0 spiro atoms. The first kappa shape index (κ1) is 10.8. The molecule has 0 aromatic heterocycles. The number of carbonyl (C=O) groups is 1. The Morgan fingerprint density at radius 3 is 2.71 bits per heavy atom. The summed E-state index contributed by atoms with van der Waals surface area (Å²) in [6, 6.07) is 4.78. The Balaban J connectivity index is 2.94. The summed E-state index contributed by atoms with van der Waals surface area (Å²) in [5.41, 5.74) is 9.00. The summed E-state index contributed by atoms with van der Waals surface area (Å²) in [6.07, 6.45) is 0. The van der Waals surface area contributed by atoms with Gasteiger partial charge in [-0.2, -0.15) is 0 Å². The van der Waals surface area contributed by atoms with E-state index >= 15 is 0 Å². The lowest BCUT2D eigenvalue weighted by Gasteiger charge is -2.12. The molecule has 0 fully saturated rings. The van der Waals surface area contributed by atoms with Crippen molar-refractivity contribution >= 4 is 23.2 Å². The number of benzene rings is 1. The van der Waals surface area contributed by atoms with Gasteiger partial charge < -0.3 is 5.73 Å². The highest BCUT2D eigenvalue weighted by Crippen LogP contribution is 2.17. The van der Waals surface area contributed by atoms with Crippen LogP contribution in [0.15, 0.2) is 18.2 Å². The molecule has 0 bridgehead atoms. The molecule has 0 aliphatic heterocycles. The van der Waals surface area contributed by atoms with Crippen molar-refractivity contribution in [3.05, 3.63) is 28.8 Å². The van der Waals surface area contributed by atoms with Gasteiger partial charge in [0.2, 0.25) is 0 Å². The second kappa shape index (κ2) is 4.30. The fourth-order valence-electron chi connectivity index (χ4n) is 0.988. The van der Waals surface area contributed by atoms with Gasteiger partial charge in [-0.15, -0.1) is 0 Å². The SMILES string of the molecule is CN(C)NC(=O)c1cc(Cl)ccc1N. The molecule has 0 unspecified atom stereocenters. The van der Waals surface area contributed by atoms with Crippen molar-refractivity contribution in [1.82, 2.24) is 10.4 Å². The maximum Gasteiger partial charge on any atom is 0.267 e. The molecule has 1 amide bonds. The molecular weight excluding hydrogens is 202 g/mol. The predicted molar refractivity (Wildman–Crippen MR) is 57.0 cm³/mol. The predicted octanol–water partition coefficient (Wildman–Crippen LogP) is 1.13. The number of amides is 1. The van der Waals surface area contributed by atoms with E-state index in [9.17, 15) is 4.79 Å². The van der Waals surface area contributed by atoms with Gasteiger partial charge >= 0.3 is 0 Å². The fourth-order valence-corrected chi connectivity index (χ4v) is 1.16.